The van der Waals surface area contributed by atoms with Gasteiger partial charge < -0.3 is 19.5 Å². The Morgan fingerprint density at radius 1 is 1.72 bits per heavy atom. The Balaban J connectivity index is 0.00000162. The lowest BCUT2D eigenvalue weighted by Gasteiger charge is -2.31. The topological polar surface area (TPSA) is 67.6 Å². The summed E-state index contributed by atoms with van der Waals surface area (Å²) in [5.41, 5.74) is 0.353. The van der Waals surface area contributed by atoms with Gasteiger partial charge in [-0.05, 0) is 6.92 Å². The second-order valence-corrected chi connectivity index (χ2v) is 4.22. The van der Waals surface area contributed by atoms with Crippen molar-refractivity contribution in [3.63, 3.8) is 0 Å². The maximum atomic E-state index is 12.1. The van der Waals surface area contributed by atoms with E-state index >= 15 is 0 Å². The molecule has 1 aromatic rings. The Bertz CT molecular complexity index is 397. The molecule has 0 aromatic carbocycles. The summed E-state index contributed by atoms with van der Waals surface area (Å²) in [4.78, 5) is 13.9. The molecule has 1 fully saturated rings. The molecular formula is C11H18ClN3O3. The fourth-order valence-electron chi connectivity index (χ4n) is 1.90. The lowest BCUT2D eigenvalue weighted by Crippen LogP contribution is -2.51. The van der Waals surface area contributed by atoms with E-state index in [2.05, 4.69) is 17.4 Å². The normalized spacial score (nSPS) is 19.4. The van der Waals surface area contributed by atoms with Crippen LogP contribution < -0.4 is 5.32 Å². The molecule has 6 nitrogen and oxygen atoms in total. The average molecular weight is 276 g/mol. The summed E-state index contributed by atoms with van der Waals surface area (Å²) in [7, 11) is 1.57. The van der Waals surface area contributed by atoms with Gasteiger partial charge in [0.25, 0.3) is 5.91 Å². The van der Waals surface area contributed by atoms with Crippen LogP contribution in [-0.4, -0.2) is 48.7 Å². The summed E-state index contributed by atoms with van der Waals surface area (Å²) in [5, 5.41) is 7.05. The zero-order valence-corrected chi connectivity index (χ0v) is 11.3. The standard InChI is InChI=1S/C11H17N3O3.ClH/c1-8-6-14(4-3-12-8)11(15)10-5-9(7-16-2)17-13-10;/h5,8,12H,3-4,6-7H2,1-2H3;1H. The van der Waals surface area contributed by atoms with Crippen molar-refractivity contribution in [2.24, 2.45) is 0 Å². The fourth-order valence-corrected chi connectivity index (χ4v) is 1.90. The van der Waals surface area contributed by atoms with Crippen molar-refractivity contribution in [3.8, 4) is 0 Å². The zero-order chi connectivity index (χ0) is 12.3. The number of halogens is 1. The third kappa shape index (κ3) is 3.44. The molecule has 1 atom stereocenters. The first kappa shape index (κ1) is 14.9. The molecular weight excluding hydrogens is 258 g/mol. The number of methoxy groups -OCH3 is 1. The molecule has 0 spiro atoms. The predicted octanol–water partition coefficient (Wildman–Crippen LogP) is 0.677. The lowest BCUT2D eigenvalue weighted by atomic mass is 10.2. The summed E-state index contributed by atoms with van der Waals surface area (Å²) in [6.45, 7) is 4.60. The van der Waals surface area contributed by atoms with E-state index in [1.54, 1.807) is 18.1 Å². The molecule has 1 N–H and O–H groups in total. The van der Waals surface area contributed by atoms with Crippen LogP contribution in [0.2, 0.25) is 0 Å². The van der Waals surface area contributed by atoms with Crippen LogP contribution in [0, 0.1) is 0 Å². The first-order chi connectivity index (χ1) is 8.20. The van der Waals surface area contributed by atoms with E-state index in [4.69, 9.17) is 9.26 Å². The number of carbonyl (C=O) groups is 1. The lowest BCUT2D eigenvalue weighted by molar-refractivity contribution is 0.0698. The van der Waals surface area contributed by atoms with Crippen molar-refractivity contribution in [1.29, 1.82) is 0 Å². The van der Waals surface area contributed by atoms with Crippen LogP contribution in [0.15, 0.2) is 10.6 Å². The molecule has 0 bridgehead atoms. The van der Waals surface area contributed by atoms with E-state index in [0.29, 0.717) is 37.2 Å². The maximum absolute atomic E-state index is 12.1. The van der Waals surface area contributed by atoms with E-state index in [-0.39, 0.29) is 18.3 Å². The van der Waals surface area contributed by atoms with Crippen LogP contribution in [0.25, 0.3) is 0 Å². The van der Waals surface area contributed by atoms with Gasteiger partial charge in [0.15, 0.2) is 11.5 Å². The Morgan fingerprint density at radius 3 is 3.17 bits per heavy atom. The third-order valence-electron chi connectivity index (χ3n) is 2.72. The summed E-state index contributed by atoms with van der Waals surface area (Å²) >= 11 is 0. The quantitative estimate of drug-likeness (QED) is 0.878. The van der Waals surface area contributed by atoms with Crippen molar-refractivity contribution in [2.45, 2.75) is 19.6 Å². The molecule has 1 unspecified atom stereocenters. The number of ether oxygens (including phenoxy) is 1. The van der Waals surface area contributed by atoms with Crippen LogP contribution >= 0.6 is 12.4 Å². The predicted molar refractivity (Wildman–Crippen MR) is 67.8 cm³/mol. The van der Waals surface area contributed by atoms with Crippen molar-refractivity contribution in [1.82, 2.24) is 15.4 Å². The van der Waals surface area contributed by atoms with E-state index in [0.717, 1.165) is 6.54 Å². The van der Waals surface area contributed by atoms with E-state index < -0.39 is 0 Å². The summed E-state index contributed by atoms with van der Waals surface area (Å²) in [6, 6.07) is 1.96. The van der Waals surface area contributed by atoms with Crippen molar-refractivity contribution >= 4 is 18.3 Å². The molecule has 1 aromatic heterocycles. The highest BCUT2D eigenvalue weighted by Gasteiger charge is 2.24. The second-order valence-electron chi connectivity index (χ2n) is 4.22. The minimum absolute atomic E-state index is 0. The minimum Gasteiger partial charge on any atom is -0.377 e. The Hall–Kier alpha value is -1.11. The molecule has 18 heavy (non-hydrogen) atoms. The van der Waals surface area contributed by atoms with Gasteiger partial charge in [-0.3, -0.25) is 4.79 Å². The number of nitrogens with zero attached hydrogens (tertiary/aromatic N) is 2. The number of piperazine rings is 1. The first-order valence-corrected chi connectivity index (χ1v) is 5.68. The fraction of sp³-hybridized carbons (Fsp3) is 0.636. The Kier molecular flexibility index (Phi) is 5.58. The highest BCUT2D eigenvalue weighted by atomic mass is 35.5. The molecule has 1 aliphatic heterocycles. The maximum Gasteiger partial charge on any atom is 0.276 e. The van der Waals surface area contributed by atoms with Gasteiger partial charge in [0.2, 0.25) is 0 Å². The molecule has 2 rings (SSSR count). The highest BCUT2D eigenvalue weighted by molar-refractivity contribution is 5.92. The number of hydrogen-bond acceptors (Lipinski definition) is 5. The van der Waals surface area contributed by atoms with Gasteiger partial charge in [-0.2, -0.15) is 0 Å². The number of nitrogens with one attached hydrogen (secondary N) is 1. The van der Waals surface area contributed by atoms with Crippen LogP contribution in [0.3, 0.4) is 0 Å². The largest absolute Gasteiger partial charge is 0.377 e. The molecule has 0 radical (unpaired) electrons. The summed E-state index contributed by atoms with van der Waals surface area (Å²) in [5.74, 6) is 0.489. The Morgan fingerprint density at radius 2 is 2.50 bits per heavy atom. The molecule has 102 valence electrons. The van der Waals surface area contributed by atoms with Gasteiger partial charge in [0.05, 0.1) is 0 Å². The molecule has 2 heterocycles. The summed E-state index contributed by atoms with van der Waals surface area (Å²) < 4.78 is 9.92. The average Bonchev–Trinajstić information content (AvgIpc) is 2.77. The van der Waals surface area contributed by atoms with Gasteiger partial charge in [0.1, 0.15) is 6.61 Å². The van der Waals surface area contributed by atoms with Crippen molar-refractivity contribution < 1.29 is 14.1 Å². The van der Waals surface area contributed by atoms with Gasteiger partial charge in [-0.25, -0.2) is 0 Å². The van der Waals surface area contributed by atoms with Crippen LogP contribution in [0.4, 0.5) is 0 Å². The highest BCUT2D eigenvalue weighted by Crippen LogP contribution is 2.09. The molecule has 1 amide bonds. The van der Waals surface area contributed by atoms with Crippen LogP contribution in [0.5, 0.6) is 0 Å². The Labute approximate surface area is 112 Å². The van der Waals surface area contributed by atoms with Crippen molar-refractivity contribution in [2.75, 3.05) is 26.7 Å². The van der Waals surface area contributed by atoms with Gasteiger partial charge in [0, 0.05) is 38.9 Å². The molecule has 1 aliphatic rings. The SMILES string of the molecule is COCc1cc(C(=O)N2CCNC(C)C2)no1.Cl. The smallest absolute Gasteiger partial charge is 0.276 e. The molecule has 0 aliphatic carbocycles. The number of amides is 1. The number of aromatic nitrogens is 1. The van der Waals surface area contributed by atoms with Gasteiger partial charge in [-0.1, -0.05) is 5.16 Å². The second kappa shape index (κ2) is 6.72. The summed E-state index contributed by atoms with van der Waals surface area (Å²) in [6.07, 6.45) is 0. The van der Waals surface area contributed by atoms with Gasteiger partial charge in [-0.15, -0.1) is 12.4 Å². The van der Waals surface area contributed by atoms with Gasteiger partial charge >= 0.3 is 0 Å². The first-order valence-electron chi connectivity index (χ1n) is 5.68. The number of hydrogen-bond donors (Lipinski definition) is 1. The van der Waals surface area contributed by atoms with Crippen LogP contribution in [-0.2, 0) is 11.3 Å². The molecule has 1 saturated heterocycles. The zero-order valence-electron chi connectivity index (χ0n) is 10.5. The van der Waals surface area contributed by atoms with Crippen molar-refractivity contribution in [3.05, 3.63) is 17.5 Å². The monoisotopic (exact) mass is 275 g/mol. The minimum atomic E-state index is -0.0792. The van der Waals surface area contributed by atoms with E-state index in [9.17, 15) is 4.79 Å². The molecule has 7 heteroatoms. The molecule has 0 saturated carbocycles. The number of rotatable bonds is 3. The van der Waals surface area contributed by atoms with E-state index in [1.165, 1.54) is 0 Å². The van der Waals surface area contributed by atoms with Crippen LogP contribution in [0.1, 0.15) is 23.2 Å². The van der Waals surface area contributed by atoms with E-state index in [1.807, 2.05) is 0 Å². The third-order valence-corrected chi connectivity index (χ3v) is 2.72. The number of carbonyl (C=O) groups excluding carboxylic acids is 1.